The molecule has 4 nitrogen and oxygen atoms in total. The maximum absolute atomic E-state index is 12.6. The minimum atomic E-state index is -0.0651. The van der Waals surface area contributed by atoms with Gasteiger partial charge in [-0.05, 0) is 35.9 Å². The van der Waals surface area contributed by atoms with Crippen molar-refractivity contribution < 1.29 is 4.79 Å². The number of nitrogens with zero attached hydrogens (tertiary/aromatic N) is 3. The Morgan fingerprint density at radius 1 is 1.25 bits per heavy atom. The zero-order valence-corrected chi connectivity index (χ0v) is 15.3. The second-order valence-corrected chi connectivity index (χ2v) is 7.66. The number of hydrogen-bond donors (Lipinski definition) is 0. The normalized spacial score (nSPS) is 19.8. The van der Waals surface area contributed by atoms with Crippen molar-refractivity contribution >= 4 is 40.4 Å². The predicted octanol–water partition coefficient (Wildman–Crippen LogP) is 4.30. The van der Waals surface area contributed by atoms with E-state index in [1.165, 1.54) is 17.3 Å². The Kier molecular flexibility index (Phi) is 5.48. The van der Waals surface area contributed by atoms with Crippen molar-refractivity contribution in [1.82, 2.24) is 4.90 Å². The van der Waals surface area contributed by atoms with Gasteiger partial charge in [-0.25, -0.2) is 0 Å². The minimum absolute atomic E-state index is 0.0651. The van der Waals surface area contributed by atoms with Crippen molar-refractivity contribution in [2.45, 2.75) is 32.1 Å². The van der Waals surface area contributed by atoms with E-state index >= 15 is 0 Å². The van der Waals surface area contributed by atoms with Crippen LogP contribution in [0.3, 0.4) is 0 Å². The Morgan fingerprint density at radius 3 is 2.79 bits per heavy atom. The van der Waals surface area contributed by atoms with Crippen LogP contribution in [0.4, 0.5) is 0 Å². The van der Waals surface area contributed by atoms with Gasteiger partial charge in [0.05, 0.1) is 18.0 Å². The van der Waals surface area contributed by atoms with E-state index in [9.17, 15) is 4.79 Å². The summed E-state index contributed by atoms with van der Waals surface area (Å²) in [5.74, 6) is 0.121. The highest BCUT2D eigenvalue weighted by molar-refractivity contribution is 8.15. The number of rotatable bonds is 5. The molecular formula is C18H19N3OS2. The maximum Gasteiger partial charge on any atom is 0.242 e. The molecule has 1 aliphatic rings. The lowest BCUT2D eigenvalue weighted by atomic mass is 10.1. The predicted molar refractivity (Wildman–Crippen MR) is 103 cm³/mol. The molecule has 0 spiro atoms. The topological polar surface area (TPSA) is 45.0 Å². The fraction of sp³-hybridized carbons (Fsp3) is 0.278. The second kappa shape index (κ2) is 7.77. The summed E-state index contributed by atoms with van der Waals surface area (Å²) in [5.41, 5.74) is 2.31. The molecule has 2 aromatic rings. The van der Waals surface area contributed by atoms with Gasteiger partial charge in [-0.1, -0.05) is 49.0 Å². The van der Waals surface area contributed by atoms with Gasteiger partial charge in [-0.15, -0.1) is 16.4 Å². The Bertz CT molecular complexity index is 768. The van der Waals surface area contributed by atoms with Crippen LogP contribution in [0.25, 0.3) is 0 Å². The first kappa shape index (κ1) is 16.9. The fourth-order valence-corrected chi connectivity index (χ4v) is 4.05. The number of carbonyl (C=O) groups excluding carboxylic acids is 1. The Labute approximate surface area is 150 Å². The minimum Gasteiger partial charge on any atom is -0.284 e. The van der Waals surface area contributed by atoms with Gasteiger partial charge >= 0.3 is 0 Å². The van der Waals surface area contributed by atoms with Crippen LogP contribution in [0.2, 0.25) is 0 Å². The molecule has 0 radical (unpaired) electrons. The third-order valence-corrected chi connectivity index (χ3v) is 5.99. The summed E-state index contributed by atoms with van der Waals surface area (Å²) in [5, 5.41) is 11.1. The Hall–Kier alpha value is -1.92. The van der Waals surface area contributed by atoms with Gasteiger partial charge in [-0.3, -0.25) is 9.69 Å². The molecule has 1 atom stereocenters. The molecule has 0 aliphatic carbocycles. The van der Waals surface area contributed by atoms with Crippen molar-refractivity contribution in [2.24, 2.45) is 10.2 Å². The van der Waals surface area contributed by atoms with E-state index in [4.69, 9.17) is 0 Å². The molecule has 1 amide bonds. The highest BCUT2D eigenvalue weighted by Crippen LogP contribution is 2.31. The Balaban J connectivity index is 1.82. The van der Waals surface area contributed by atoms with E-state index in [1.807, 2.05) is 36.6 Å². The van der Waals surface area contributed by atoms with Gasteiger partial charge in [-0.2, -0.15) is 5.10 Å². The molecule has 2 heterocycles. The number of aryl methyl sites for hydroxylation is 1. The van der Waals surface area contributed by atoms with Crippen molar-refractivity contribution in [3.63, 3.8) is 0 Å². The first-order valence-electron chi connectivity index (χ1n) is 7.86. The van der Waals surface area contributed by atoms with Gasteiger partial charge < -0.3 is 0 Å². The molecule has 0 bridgehead atoms. The lowest BCUT2D eigenvalue weighted by molar-refractivity contribution is -0.126. The lowest BCUT2D eigenvalue weighted by Gasteiger charge is -2.17. The van der Waals surface area contributed by atoms with E-state index < -0.39 is 0 Å². The number of hydrogen-bond acceptors (Lipinski definition) is 5. The van der Waals surface area contributed by atoms with Crippen molar-refractivity contribution in [3.05, 3.63) is 57.8 Å². The van der Waals surface area contributed by atoms with Crippen molar-refractivity contribution in [1.29, 1.82) is 0 Å². The molecule has 1 aliphatic heterocycles. The molecule has 1 aromatic heterocycles. The number of benzene rings is 1. The Morgan fingerprint density at radius 2 is 2.08 bits per heavy atom. The summed E-state index contributed by atoms with van der Waals surface area (Å²) < 4.78 is 0. The molecule has 0 unspecified atom stereocenters. The largest absolute Gasteiger partial charge is 0.284 e. The van der Waals surface area contributed by atoms with Crippen LogP contribution in [0.15, 0.2) is 52.0 Å². The van der Waals surface area contributed by atoms with E-state index in [-0.39, 0.29) is 11.2 Å². The summed E-state index contributed by atoms with van der Waals surface area (Å²) in [6.45, 7) is 4.63. The number of amides is 1. The number of amidine groups is 1. The van der Waals surface area contributed by atoms with E-state index in [1.54, 1.807) is 22.5 Å². The van der Waals surface area contributed by atoms with Gasteiger partial charge in [0.25, 0.3) is 0 Å². The van der Waals surface area contributed by atoms with Crippen LogP contribution in [-0.2, 0) is 11.3 Å². The van der Waals surface area contributed by atoms with Gasteiger partial charge in [0.15, 0.2) is 5.17 Å². The first-order valence-corrected chi connectivity index (χ1v) is 9.62. The quantitative estimate of drug-likeness (QED) is 0.591. The first-order chi connectivity index (χ1) is 11.7. The number of carbonyl (C=O) groups is 1. The van der Waals surface area contributed by atoms with E-state index in [0.717, 1.165) is 16.9 Å². The zero-order valence-electron chi connectivity index (χ0n) is 13.7. The summed E-state index contributed by atoms with van der Waals surface area (Å²) >= 11 is 3.12. The van der Waals surface area contributed by atoms with Gasteiger partial charge in [0.1, 0.15) is 0 Å². The molecule has 6 heteroatoms. The summed E-state index contributed by atoms with van der Waals surface area (Å²) in [6, 6.07) is 12.1. The van der Waals surface area contributed by atoms with Crippen molar-refractivity contribution in [2.75, 3.05) is 0 Å². The van der Waals surface area contributed by atoms with Crippen LogP contribution >= 0.6 is 23.1 Å². The monoisotopic (exact) mass is 357 g/mol. The van der Waals surface area contributed by atoms with E-state index in [2.05, 4.69) is 29.3 Å². The standard InChI is InChI=1S/C18H19N3OS2/c1-3-16-17(22)21(12-14-8-5-4-7-13(14)2)18(24-16)20-19-11-15-9-6-10-23-15/h4-11,16H,3,12H2,1-2H3/b19-11-,20-18-/t16-/m0/s1. The maximum atomic E-state index is 12.6. The van der Waals surface area contributed by atoms with Crippen LogP contribution in [0.1, 0.15) is 29.3 Å². The lowest BCUT2D eigenvalue weighted by Crippen LogP contribution is -2.31. The second-order valence-electron chi connectivity index (χ2n) is 5.51. The van der Waals surface area contributed by atoms with Gasteiger partial charge in [0.2, 0.25) is 5.91 Å². The summed E-state index contributed by atoms with van der Waals surface area (Å²) in [7, 11) is 0. The summed E-state index contributed by atoms with van der Waals surface area (Å²) in [6.07, 6.45) is 2.52. The average molecular weight is 358 g/mol. The van der Waals surface area contributed by atoms with Gasteiger partial charge in [0, 0.05) is 4.88 Å². The highest BCUT2D eigenvalue weighted by Gasteiger charge is 2.37. The molecule has 0 N–H and O–H groups in total. The number of thioether (sulfide) groups is 1. The molecule has 1 aromatic carbocycles. The van der Waals surface area contributed by atoms with Crippen molar-refractivity contribution in [3.8, 4) is 0 Å². The van der Waals surface area contributed by atoms with Crippen LogP contribution in [0.5, 0.6) is 0 Å². The molecule has 3 rings (SSSR count). The SMILES string of the molecule is CC[C@@H]1S/C(=N\N=C/c2cccs2)N(Cc2ccccc2C)C1=O. The van der Waals surface area contributed by atoms with E-state index in [0.29, 0.717) is 11.7 Å². The zero-order chi connectivity index (χ0) is 16.9. The third kappa shape index (κ3) is 3.76. The molecule has 1 fully saturated rings. The molecule has 24 heavy (non-hydrogen) atoms. The number of thiophene rings is 1. The average Bonchev–Trinajstić information content (AvgIpc) is 3.19. The third-order valence-electron chi connectivity index (χ3n) is 3.85. The summed E-state index contributed by atoms with van der Waals surface area (Å²) in [4.78, 5) is 15.4. The van der Waals surface area contributed by atoms with Crippen LogP contribution in [0, 0.1) is 6.92 Å². The smallest absolute Gasteiger partial charge is 0.242 e. The molecular weight excluding hydrogens is 338 g/mol. The molecule has 0 saturated carbocycles. The highest BCUT2D eigenvalue weighted by atomic mass is 32.2. The fourth-order valence-electron chi connectivity index (χ4n) is 2.45. The molecule has 124 valence electrons. The van der Waals surface area contributed by atoms with Crippen LogP contribution in [-0.4, -0.2) is 27.4 Å². The molecule has 1 saturated heterocycles. The van der Waals surface area contributed by atoms with Crippen LogP contribution < -0.4 is 0 Å².